The Kier molecular flexibility index (Phi) is 6.94. The smallest absolute Gasteiger partial charge is 0.240 e. The van der Waals surface area contributed by atoms with Crippen LogP contribution >= 0.6 is 15.9 Å². The number of aliphatic hydroxyl groups is 1. The molecule has 4 atom stereocenters. The van der Waals surface area contributed by atoms with Gasteiger partial charge in [-0.3, -0.25) is 0 Å². The SMILES string of the molecule is O=S(=O)(NC[C@@H]1[C@@H]2CC[C@@H](C2)[C@H]1C=CCCCCO)c1ccc(Br)cc1. The lowest BCUT2D eigenvalue weighted by atomic mass is 9.79. The van der Waals surface area contributed by atoms with Gasteiger partial charge in [-0.1, -0.05) is 28.1 Å². The minimum atomic E-state index is -3.46. The Morgan fingerprint density at radius 2 is 1.88 bits per heavy atom. The number of unbranched alkanes of at least 4 members (excludes halogenated alkanes) is 2. The van der Waals surface area contributed by atoms with E-state index in [1.165, 1.54) is 19.3 Å². The zero-order valence-corrected chi connectivity index (χ0v) is 17.4. The summed E-state index contributed by atoms with van der Waals surface area (Å²) in [5, 5.41) is 8.87. The van der Waals surface area contributed by atoms with Gasteiger partial charge < -0.3 is 5.11 Å². The second-order valence-corrected chi connectivity index (χ2v) is 10.2. The first-order valence-corrected chi connectivity index (χ1v) is 11.8. The Balaban J connectivity index is 1.61. The highest BCUT2D eigenvalue weighted by molar-refractivity contribution is 9.10. The summed E-state index contributed by atoms with van der Waals surface area (Å²) in [7, 11) is -3.46. The molecule has 2 aliphatic rings. The summed E-state index contributed by atoms with van der Waals surface area (Å²) in [6.07, 6.45) is 11.1. The van der Waals surface area contributed by atoms with E-state index >= 15 is 0 Å². The number of nitrogens with one attached hydrogen (secondary N) is 1. The van der Waals surface area contributed by atoms with Crippen molar-refractivity contribution in [3.63, 3.8) is 0 Å². The van der Waals surface area contributed by atoms with Crippen LogP contribution < -0.4 is 4.72 Å². The lowest BCUT2D eigenvalue weighted by Crippen LogP contribution is -2.35. The molecule has 0 saturated heterocycles. The summed E-state index contributed by atoms with van der Waals surface area (Å²) in [5.74, 6) is 2.22. The van der Waals surface area contributed by atoms with Crippen molar-refractivity contribution in [2.75, 3.05) is 13.2 Å². The number of halogens is 1. The van der Waals surface area contributed by atoms with E-state index in [9.17, 15) is 8.42 Å². The zero-order valence-electron chi connectivity index (χ0n) is 15.0. The molecule has 1 aromatic rings. The fraction of sp³-hybridized carbons (Fsp3) is 0.600. The number of hydrogen-bond acceptors (Lipinski definition) is 3. The number of sulfonamides is 1. The van der Waals surface area contributed by atoms with E-state index < -0.39 is 10.0 Å². The molecule has 0 spiro atoms. The highest BCUT2D eigenvalue weighted by Gasteiger charge is 2.46. The zero-order chi connectivity index (χ0) is 18.6. The van der Waals surface area contributed by atoms with Crippen LogP contribution in [0.5, 0.6) is 0 Å². The van der Waals surface area contributed by atoms with Gasteiger partial charge in [0.25, 0.3) is 0 Å². The molecule has 2 aliphatic carbocycles. The Hall–Kier alpha value is -0.690. The van der Waals surface area contributed by atoms with Crippen molar-refractivity contribution in [2.24, 2.45) is 23.7 Å². The van der Waals surface area contributed by atoms with Gasteiger partial charge in [-0.15, -0.1) is 0 Å². The number of benzene rings is 1. The number of rotatable bonds is 9. The molecule has 3 rings (SSSR count). The molecule has 0 amide bonds. The van der Waals surface area contributed by atoms with E-state index in [2.05, 4.69) is 32.8 Å². The van der Waals surface area contributed by atoms with E-state index in [1.54, 1.807) is 24.3 Å². The van der Waals surface area contributed by atoms with Crippen LogP contribution in [0.3, 0.4) is 0 Å². The van der Waals surface area contributed by atoms with Gasteiger partial charge in [0.15, 0.2) is 0 Å². The van der Waals surface area contributed by atoms with E-state index in [1.807, 2.05) is 0 Å². The first kappa shape index (κ1) is 20.1. The number of fused-ring (bicyclic) bond motifs is 2. The van der Waals surface area contributed by atoms with E-state index in [0.29, 0.717) is 35.1 Å². The van der Waals surface area contributed by atoms with Gasteiger partial charge in [0.1, 0.15) is 0 Å². The van der Waals surface area contributed by atoms with Gasteiger partial charge in [0, 0.05) is 17.6 Å². The molecule has 2 N–H and O–H groups in total. The Labute approximate surface area is 165 Å². The van der Waals surface area contributed by atoms with Crippen LogP contribution in [-0.2, 0) is 10.0 Å². The van der Waals surface area contributed by atoms with Gasteiger partial charge in [-0.05, 0) is 86.5 Å². The van der Waals surface area contributed by atoms with Crippen molar-refractivity contribution in [1.82, 2.24) is 4.72 Å². The van der Waals surface area contributed by atoms with Crippen LogP contribution in [0.4, 0.5) is 0 Å². The standard InChI is InChI=1S/C20H28BrNO3S/c21-17-8-10-18(11-9-17)26(24,25)22-14-20-16-7-6-15(13-16)19(20)5-3-1-2-4-12-23/h3,5,8-11,15-16,19-20,22-23H,1-2,4,6-7,12-14H2/t15-,16+,19+,20+/m0/s1. The molecule has 4 nitrogen and oxygen atoms in total. The normalized spacial score (nSPS) is 28.2. The van der Waals surface area contributed by atoms with Crippen LogP contribution in [0.15, 0.2) is 45.8 Å². The second-order valence-electron chi connectivity index (χ2n) is 7.53. The highest BCUT2D eigenvalue weighted by Crippen LogP contribution is 2.52. The van der Waals surface area contributed by atoms with Gasteiger partial charge in [0.05, 0.1) is 4.90 Å². The van der Waals surface area contributed by atoms with Gasteiger partial charge in [-0.2, -0.15) is 0 Å². The Morgan fingerprint density at radius 3 is 2.62 bits per heavy atom. The molecule has 0 unspecified atom stereocenters. The molecule has 0 aromatic heterocycles. The Bertz CT molecular complexity index is 717. The van der Waals surface area contributed by atoms with Crippen LogP contribution in [0.1, 0.15) is 38.5 Å². The quantitative estimate of drug-likeness (QED) is 0.447. The topological polar surface area (TPSA) is 66.4 Å². The van der Waals surface area contributed by atoms with Crippen molar-refractivity contribution in [3.8, 4) is 0 Å². The lowest BCUT2D eigenvalue weighted by Gasteiger charge is -2.29. The molecule has 2 bridgehead atoms. The van der Waals surface area contributed by atoms with E-state index in [-0.39, 0.29) is 6.61 Å². The molecule has 2 fully saturated rings. The average Bonchev–Trinajstić information content (AvgIpc) is 3.22. The summed E-state index contributed by atoms with van der Waals surface area (Å²) in [6, 6.07) is 6.77. The number of allylic oxidation sites excluding steroid dienone is 2. The third kappa shape index (κ3) is 4.77. The van der Waals surface area contributed by atoms with Crippen molar-refractivity contribution in [1.29, 1.82) is 0 Å². The van der Waals surface area contributed by atoms with Crippen molar-refractivity contribution < 1.29 is 13.5 Å². The fourth-order valence-corrected chi connectivity index (χ4v) is 5.93. The largest absolute Gasteiger partial charge is 0.396 e. The maximum absolute atomic E-state index is 12.6. The van der Waals surface area contributed by atoms with Crippen molar-refractivity contribution >= 4 is 26.0 Å². The second kappa shape index (κ2) is 9.00. The first-order valence-electron chi connectivity index (χ1n) is 9.54. The maximum Gasteiger partial charge on any atom is 0.240 e. The number of aliphatic hydroxyl groups excluding tert-OH is 1. The number of hydrogen-bond donors (Lipinski definition) is 2. The lowest BCUT2D eigenvalue weighted by molar-refractivity contribution is 0.266. The molecule has 0 aliphatic heterocycles. The fourth-order valence-electron chi connectivity index (χ4n) is 4.59. The average molecular weight is 442 g/mol. The molecule has 6 heteroatoms. The van der Waals surface area contributed by atoms with Crippen molar-refractivity contribution in [2.45, 2.75) is 43.4 Å². The van der Waals surface area contributed by atoms with Crippen LogP contribution in [0.25, 0.3) is 0 Å². The summed E-state index contributed by atoms with van der Waals surface area (Å²) in [5.41, 5.74) is 0. The third-order valence-corrected chi connectivity index (χ3v) is 7.90. The molecule has 26 heavy (non-hydrogen) atoms. The summed E-state index contributed by atoms with van der Waals surface area (Å²) >= 11 is 3.34. The van der Waals surface area contributed by atoms with Crippen LogP contribution in [-0.4, -0.2) is 26.7 Å². The van der Waals surface area contributed by atoms with Gasteiger partial charge >= 0.3 is 0 Å². The molecular formula is C20H28BrNO3S. The van der Waals surface area contributed by atoms with E-state index in [4.69, 9.17) is 5.11 Å². The monoisotopic (exact) mass is 441 g/mol. The Morgan fingerprint density at radius 1 is 1.15 bits per heavy atom. The van der Waals surface area contributed by atoms with E-state index in [0.717, 1.165) is 23.7 Å². The molecule has 1 aromatic carbocycles. The first-order chi connectivity index (χ1) is 12.5. The summed E-state index contributed by atoms with van der Waals surface area (Å²) in [4.78, 5) is 0.319. The van der Waals surface area contributed by atoms with Gasteiger partial charge in [0.2, 0.25) is 10.0 Å². The molecule has 2 saturated carbocycles. The minimum absolute atomic E-state index is 0.252. The molecule has 144 valence electrons. The minimum Gasteiger partial charge on any atom is -0.396 e. The van der Waals surface area contributed by atoms with Gasteiger partial charge in [-0.25, -0.2) is 13.1 Å². The van der Waals surface area contributed by atoms with Crippen molar-refractivity contribution in [3.05, 3.63) is 40.9 Å². The molecular weight excluding hydrogens is 414 g/mol. The maximum atomic E-state index is 12.6. The third-order valence-electron chi connectivity index (χ3n) is 5.93. The molecule has 0 heterocycles. The predicted molar refractivity (Wildman–Crippen MR) is 107 cm³/mol. The highest BCUT2D eigenvalue weighted by atomic mass is 79.9. The van der Waals surface area contributed by atoms with Crippen LogP contribution in [0.2, 0.25) is 0 Å². The van der Waals surface area contributed by atoms with Crippen LogP contribution in [0, 0.1) is 23.7 Å². The summed E-state index contributed by atoms with van der Waals surface area (Å²) < 4.78 is 28.9. The predicted octanol–water partition coefficient (Wildman–Crippen LogP) is 4.11. The summed E-state index contributed by atoms with van der Waals surface area (Å²) in [6.45, 7) is 0.771. The molecule has 0 radical (unpaired) electrons.